The summed E-state index contributed by atoms with van der Waals surface area (Å²) in [6.45, 7) is 3.92. The number of carbonyl (C=O) groups excluding carboxylic acids is 2. The quantitative estimate of drug-likeness (QED) is 0.718. The number of hydrogen-bond donors (Lipinski definition) is 1. The first-order chi connectivity index (χ1) is 16.6. The van der Waals surface area contributed by atoms with Crippen molar-refractivity contribution in [1.82, 2.24) is 15.1 Å². The topological polar surface area (TPSA) is 79.7 Å². The number of halogens is 3. The Morgan fingerprint density at radius 3 is 2.34 bits per heavy atom. The number of nitrogens with one attached hydrogen (secondary N) is 1. The summed E-state index contributed by atoms with van der Waals surface area (Å²) >= 11 is 0. The van der Waals surface area contributed by atoms with Crippen LogP contribution in [0.15, 0.2) is 59.8 Å². The van der Waals surface area contributed by atoms with E-state index in [0.717, 1.165) is 17.0 Å². The van der Waals surface area contributed by atoms with Gasteiger partial charge in [-0.15, -0.1) is 0 Å². The third kappa shape index (κ3) is 4.86. The molecule has 182 valence electrons. The van der Waals surface area contributed by atoms with E-state index < -0.39 is 23.8 Å². The molecule has 0 aromatic heterocycles. The van der Waals surface area contributed by atoms with Crippen LogP contribution in [0, 0.1) is 11.3 Å². The number of rotatable bonds is 3. The maximum atomic E-state index is 13.7. The molecule has 0 aliphatic carbocycles. The molecule has 2 heterocycles. The molecular formula is C25H24F3N5O2. The van der Waals surface area contributed by atoms with E-state index in [1.165, 1.54) is 12.1 Å². The number of hydrogen-bond acceptors (Lipinski definition) is 4. The van der Waals surface area contributed by atoms with Crippen LogP contribution in [0.2, 0.25) is 0 Å². The average molecular weight is 483 g/mol. The lowest BCUT2D eigenvalue weighted by molar-refractivity contribution is -0.137. The smallest absolute Gasteiger partial charge is 0.336 e. The maximum Gasteiger partial charge on any atom is 0.416 e. The number of amides is 3. The summed E-state index contributed by atoms with van der Waals surface area (Å²) in [6, 6.07) is 11.5. The molecule has 1 N–H and O–H groups in total. The van der Waals surface area contributed by atoms with E-state index in [1.54, 1.807) is 36.1 Å². The fourth-order valence-corrected chi connectivity index (χ4v) is 4.33. The lowest BCUT2D eigenvalue weighted by Crippen LogP contribution is -2.53. The van der Waals surface area contributed by atoms with Crippen LogP contribution in [0.1, 0.15) is 29.7 Å². The number of anilines is 1. The summed E-state index contributed by atoms with van der Waals surface area (Å²) in [5, 5.41) is 11.9. The van der Waals surface area contributed by atoms with E-state index in [-0.39, 0.29) is 22.9 Å². The van der Waals surface area contributed by atoms with Gasteiger partial charge in [0.1, 0.15) is 0 Å². The molecule has 3 amide bonds. The summed E-state index contributed by atoms with van der Waals surface area (Å²) < 4.78 is 40.0. The normalized spacial score (nSPS) is 19.4. The van der Waals surface area contributed by atoms with E-state index >= 15 is 0 Å². The second kappa shape index (κ2) is 9.43. The van der Waals surface area contributed by atoms with Crippen LogP contribution in [0.25, 0.3) is 0 Å². The average Bonchev–Trinajstić information content (AvgIpc) is 2.83. The fraction of sp³-hybridized carbons (Fsp3) is 0.320. The molecule has 2 aromatic carbocycles. The first-order valence-electron chi connectivity index (χ1n) is 11.1. The van der Waals surface area contributed by atoms with E-state index in [4.69, 9.17) is 5.26 Å². The Hall–Kier alpha value is -3.84. The summed E-state index contributed by atoms with van der Waals surface area (Å²) in [6.07, 6.45) is -4.58. The van der Waals surface area contributed by atoms with Crippen molar-refractivity contribution in [3.8, 4) is 6.07 Å². The molecule has 1 fully saturated rings. The van der Waals surface area contributed by atoms with Gasteiger partial charge in [-0.1, -0.05) is 18.2 Å². The van der Waals surface area contributed by atoms with Crippen molar-refractivity contribution in [2.75, 3.05) is 38.1 Å². The number of carbonyl (C=O) groups is 2. The molecule has 2 aromatic rings. The molecule has 7 nitrogen and oxygen atoms in total. The highest BCUT2D eigenvalue weighted by molar-refractivity contribution is 6.05. The highest BCUT2D eigenvalue weighted by Gasteiger charge is 2.39. The molecule has 1 saturated heterocycles. The second-order valence-electron chi connectivity index (χ2n) is 8.59. The van der Waals surface area contributed by atoms with Crippen LogP contribution in [0.3, 0.4) is 0 Å². The van der Waals surface area contributed by atoms with Gasteiger partial charge in [0.15, 0.2) is 0 Å². The molecule has 0 unspecified atom stereocenters. The van der Waals surface area contributed by atoms with Crippen LogP contribution in [-0.2, 0) is 11.0 Å². The Morgan fingerprint density at radius 2 is 1.74 bits per heavy atom. The first kappa shape index (κ1) is 24.3. The lowest BCUT2D eigenvalue weighted by atomic mass is 9.92. The Morgan fingerprint density at radius 1 is 1.09 bits per heavy atom. The summed E-state index contributed by atoms with van der Waals surface area (Å²) in [4.78, 5) is 31.8. The van der Waals surface area contributed by atoms with Gasteiger partial charge >= 0.3 is 12.2 Å². The van der Waals surface area contributed by atoms with Crippen LogP contribution in [0.4, 0.5) is 23.7 Å². The van der Waals surface area contributed by atoms with Crippen molar-refractivity contribution in [3.05, 3.63) is 76.5 Å². The predicted octanol–water partition coefficient (Wildman–Crippen LogP) is 3.90. The molecular weight excluding hydrogens is 459 g/mol. The minimum absolute atomic E-state index is 0.0109. The number of nitriles is 1. The highest BCUT2D eigenvalue weighted by Crippen LogP contribution is 2.37. The van der Waals surface area contributed by atoms with Crippen molar-refractivity contribution in [2.45, 2.75) is 19.1 Å². The Kier molecular flexibility index (Phi) is 6.54. The summed E-state index contributed by atoms with van der Waals surface area (Å²) in [5.74, 6) is -0.290. The van der Waals surface area contributed by atoms with Gasteiger partial charge in [-0.05, 0) is 49.9 Å². The first-order valence-corrected chi connectivity index (χ1v) is 11.1. The van der Waals surface area contributed by atoms with Crippen LogP contribution in [0.5, 0.6) is 0 Å². The monoisotopic (exact) mass is 483 g/mol. The van der Waals surface area contributed by atoms with E-state index in [2.05, 4.69) is 10.2 Å². The van der Waals surface area contributed by atoms with Crippen molar-refractivity contribution >= 4 is 17.6 Å². The Bertz CT molecular complexity index is 1210. The van der Waals surface area contributed by atoms with Gasteiger partial charge in [0.05, 0.1) is 34.5 Å². The van der Waals surface area contributed by atoms with Gasteiger partial charge in [0, 0.05) is 31.9 Å². The van der Waals surface area contributed by atoms with Crippen LogP contribution in [-0.4, -0.2) is 55.0 Å². The molecule has 1 atom stereocenters. The number of allylic oxidation sites excluding steroid dienone is 1. The van der Waals surface area contributed by atoms with E-state index in [1.807, 2.05) is 13.1 Å². The molecule has 4 rings (SSSR count). The molecule has 0 radical (unpaired) electrons. The van der Waals surface area contributed by atoms with Crippen molar-refractivity contribution in [1.29, 1.82) is 5.26 Å². The van der Waals surface area contributed by atoms with Gasteiger partial charge < -0.3 is 15.1 Å². The van der Waals surface area contributed by atoms with Crippen LogP contribution < -0.4 is 10.2 Å². The lowest BCUT2D eigenvalue weighted by Gasteiger charge is -2.39. The zero-order chi connectivity index (χ0) is 25.3. The molecule has 2 aliphatic heterocycles. The number of benzene rings is 2. The highest BCUT2D eigenvalue weighted by atomic mass is 19.4. The largest absolute Gasteiger partial charge is 0.416 e. The SMILES string of the molecule is CC1=C(C(=O)N2CCN(C)CC2)[C@@H](c2ccc(C#N)cc2)NC(=O)N1c1cccc(C(F)(F)F)c1. The second-order valence-corrected chi connectivity index (χ2v) is 8.59. The number of urea groups is 1. The molecule has 0 saturated carbocycles. The van der Waals surface area contributed by atoms with Gasteiger partial charge in [0.2, 0.25) is 0 Å². The van der Waals surface area contributed by atoms with Gasteiger partial charge in [0.25, 0.3) is 5.91 Å². The van der Waals surface area contributed by atoms with E-state index in [0.29, 0.717) is 37.3 Å². The van der Waals surface area contributed by atoms with Gasteiger partial charge in [-0.25, -0.2) is 4.79 Å². The Labute approximate surface area is 201 Å². The van der Waals surface area contributed by atoms with Crippen molar-refractivity contribution in [2.24, 2.45) is 0 Å². The molecule has 10 heteroatoms. The molecule has 2 aliphatic rings. The molecule has 35 heavy (non-hydrogen) atoms. The number of likely N-dealkylation sites (N-methyl/N-ethyl adjacent to an activating group) is 1. The minimum atomic E-state index is -4.58. The van der Waals surface area contributed by atoms with Crippen molar-refractivity contribution in [3.63, 3.8) is 0 Å². The summed E-state index contributed by atoms with van der Waals surface area (Å²) in [5.41, 5.74) is 0.670. The van der Waals surface area contributed by atoms with E-state index in [9.17, 15) is 22.8 Å². The van der Waals surface area contributed by atoms with Crippen molar-refractivity contribution < 1.29 is 22.8 Å². The van der Waals surface area contributed by atoms with Crippen LogP contribution >= 0.6 is 0 Å². The molecule has 0 bridgehead atoms. The number of nitrogens with zero attached hydrogens (tertiary/aromatic N) is 4. The zero-order valence-corrected chi connectivity index (χ0v) is 19.3. The third-order valence-electron chi connectivity index (χ3n) is 6.31. The zero-order valence-electron chi connectivity index (χ0n) is 19.3. The molecule has 0 spiro atoms. The fourth-order valence-electron chi connectivity index (χ4n) is 4.33. The minimum Gasteiger partial charge on any atom is -0.336 e. The standard InChI is InChI=1S/C25H24F3N5O2/c1-16-21(23(34)32-12-10-31(2)11-13-32)22(18-8-6-17(15-29)7-9-18)30-24(35)33(16)20-5-3-4-19(14-20)25(26,27)28/h3-9,14,22H,10-13H2,1-2H3,(H,30,35)/t22-/m1/s1. The predicted molar refractivity (Wildman–Crippen MR) is 123 cm³/mol. The number of piperazine rings is 1. The maximum absolute atomic E-state index is 13.7. The van der Waals surface area contributed by atoms with Gasteiger partial charge in [-0.3, -0.25) is 9.69 Å². The Balaban J connectivity index is 1.81. The van der Waals surface area contributed by atoms with Gasteiger partial charge in [-0.2, -0.15) is 18.4 Å². The third-order valence-corrected chi connectivity index (χ3v) is 6.31. The number of alkyl halides is 3. The summed E-state index contributed by atoms with van der Waals surface area (Å²) in [7, 11) is 1.96.